The van der Waals surface area contributed by atoms with E-state index in [4.69, 9.17) is 16.7 Å². The highest BCUT2D eigenvalue weighted by Gasteiger charge is 2.21. The first-order valence-corrected chi connectivity index (χ1v) is 8.26. The van der Waals surface area contributed by atoms with Crippen LogP contribution in [0.5, 0.6) is 0 Å². The first-order valence-electron chi connectivity index (χ1n) is 6.34. The molecule has 0 aliphatic rings. The summed E-state index contributed by atoms with van der Waals surface area (Å²) in [5.74, 6) is -1.06. The van der Waals surface area contributed by atoms with Gasteiger partial charge in [0, 0.05) is 6.54 Å². The molecule has 0 aliphatic heterocycles. The van der Waals surface area contributed by atoms with Gasteiger partial charge in [-0.1, -0.05) is 32.4 Å². The molecule has 0 spiro atoms. The minimum absolute atomic E-state index is 0.127. The van der Waals surface area contributed by atoms with Crippen molar-refractivity contribution in [2.24, 2.45) is 17.0 Å². The van der Waals surface area contributed by atoms with Crippen LogP contribution in [0, 0.1) is 17.7 Å². The van der Waals surface area contributed by atoms with Crippen LogP contribution < -0.4 is 10.5 Å². The number of primary sulfonamides is 1. The largest absolute Gasteiger partial charge is 0.352 e. The number of halogens is 2. The minimum Gasteiger partial charge on any atom is -0.352 e. The number of carbonyl (C=O) groups excluding carboxylic acids is 1. The Balaban J connectivity index is 3.05. The van der Waals surface area contributed by atoms with Crippen LogP contribution in [-0.4, -0.2) is 20.9 Å². The zero-order valence-corrected chi connectivity index (χ0v) is 13.6. The summed E-state index contributed by atoms with van der Waals surface area (Å²) < 4.78 is 36.1. The van der Waals surface area contributed by atoms with Crippen LogP contribution in [0.3, 0.4) is 0 Å². The molecule has 0 aromatic heterocycles. The zero-order chi connectivity index (χ0) is 16.4. The van der Waals surface area contributed by atoms with Crippen molar-refractivity contribution in [3.63, 3.8) is 0 Å². The predicted molar refractivity (Wildman–Crippen MR) is 79.1 cm³/mol. The van der Waals surface area contributed by atoms with Crippen LogP contribution >= 0.6 is 11.6 Å². The molecule has 1 rings (SSSR count). The standard InChI is InChI=1S/C13H18ClFN2O3S/c1-7(2)8(3)6-17-13(18)9-4-12(21(16,19)20)11(15)5-10(9)14/h4-5,7-8H,6H2,1-3H3,(H,17,18)(H2,16,19,20). The van der Waals surface area contributed by atoms with Gasteiger partial charge in [0.2, 0.25) is 10.0 Å². The van der Waals surface area contributed by atoms with Gasteiger partial charge in [-0.15, -0.1) is 0 Å². The molecule has 1 atom stereocenters. The number of nitrogens with one attached hydrogen (secondary N) is 1. The molecular weight excluding hydrogens is 319 g/mol. The predicted octanol–water partition coefficient (Wildman–Crippen LogP) is 2.15. The van der Waals surface area contributed by atoms with Crippen molar-refractivity contribution < 1.29 is 17.6 Å². The Morgan fingerprint density at radius 2 is 1.95 bits per heavy atom. The van der Waals surface area contributed by atoms with Crippen LogP contribution in [0.25, 0.3) is 0 Å². The Labute approximate surface area is 128 Å². The van der Waals surface area contributed by atoms with Gasteiger partial charge in [-0.2, -0.15) is 0 Å². The molecule has 1 aromatic rings. The van der Waals surface area contributed by atoms with E-state index in [-0.39, 0.29) is 16.5 Å². The quantitative estimate of drug-likeness (QED) is 0.863. The molecule has 0 fully saturated rings. The smallest absolute Gasteiger partial charge is 0.252 e. The molecule has 0 saturated carbocycles. The molecule has 0 saturated heterocycles. The van der Waals surface area contributed by atoms with Gasteiger partial charge in [0.15, 0.2) is 0 Å². The molecule has 5 nitrogen and oxygen atoms in total. The number of benzene rings is 1. The van der Waals surface area contributed by atoms with Crippen molar-refractivity contribution in [3.05, 3.63) is 28.5 Å². The maximum absolute atomic E-state index is 13.5. The highest BCUT2D eigenvalue weighted by Crippen LogP contribution is 2.23. The molecule has 8 heteroatoms. The van der Waals surface area contributed by atoms with Gasteiger partial charge in [0.1, 0.15) is 10.7 Å². The number of hydrogen-bond acceptors (Lipinski definition) is 3. The first-order chi connectivity index (χ1) is 9.54. The fourth-order valence-corrected chi connectivity index (χ4v) is 2.35. The number of carbonyl (C=O) groups is 1. The Morgan fingerprint density at radius 3 is 2.43 bits per heavy atom. The molecule has 0 aliphatic carbocycles. The van der Waals surface area contributed by atoms with Gasteiger partial charge in [0.05, 0.1) is 10.6 Å². The van der Waals surface area contributed by atoms with Crippen LogP contribution in [0.15, 0.2) is 17.0 Å². The molecule has 21 heavy (non-hydrogen) atoms. The lowest BCUT2D eigenvalue weighted by atomic mass is 9.98. The summed E-state index contributed by atoms with van der Waals surface area (Å²) in [6, 6.07) is 1.62. The number of nitrogens with two attached hydrogens (primary N) is 1. The average molecular weight is 337 g/mol. The third-order valence-corrected chi connectivity index (χ3v) is 4.53. The number of sulfonamides is 1. The van der Waals surface area contributed by atoms with Crippen molar-refractivity contribution in [1.29, 1.82) is 0 Å². The Hall–Kier alpha value is -1.18. The van der Waals surface area contributed by atoms with Gasteiger partial charge < -0.3 is 5.32 Å². The highest BCUT2D eigenvalue weighted by molar-refractivity contribution is 7.89. The van der Waals surface area contributed by atoms with Crippen LogP contribution in [-0.2, 0) is 10.0 Å². The molecule has 1 amide bonds. The van der Waals surface area contributed by atoms with E-state index in [1.165, 1.54) is 0 Å². The third-order valence-electron chi connectivity index (χ3n) is 3.30. The summed E-state index contributed by atoms with van der Waals surface area (Å²) in [4.78, 5) is 11.3. The highest BCUT2D eigenvalue weighted by atomic mass is 35.5. The minimum atomic E-state index is -4.26. The Bertz CT molecular complexity index is 647. The molecule has 0 heterocycles. The van der Waals surface area contributed by atoms with Crippen molar-refractivity contribution >= 4 is 27.5 Å². The molecule has 1 aromatic carbocycles. The lowest BCUT2D eigenvalue weighted by Crippen LogP contribution is -2.30. The number of amides is 1. The summed E-state index contributed by atoms with van der Waals surface area (Å²) in [5, 5.41) is 7.36. The van der Waals surface area contributed by atoms with Crippen LogP contribution in [0.2, 0.25) is 5.02 Å². The Morgan fingerprint density at radius 1 is 1.38 bits per heavy atom. The monoisotopic (exact) mass is 336 g/mol. The number of hydrogen-bond donors (Lipinski definition) is 2. The molecule has 118 valence electrons. The van der Waals surface area contributed by atoms with Gasteiger partial charge in [-0.25, -0.2) is 17.9 Å². The fourth-order valence-electron chi connectivity index (χ4n) is 1.51. The van der Waals surface area contributed by atoms with E-state index in [2.05, 4.69) is 5.32 Å². The average Bonchev–Trinajstić information content (AvgIpc) is 2.33. The molecule has 0 bridgehead atoms. The number of rotatable bonds is 5. The van der Waals surface area contributed by atoms with E-state index in [0.29, 0.717) is 12.5 Å². The zero-order valence-electron chi connectivity index (χ0n) is 12.0. The lowest BCUT2D eigenvalue weighted by Gasteiger charge is -2.16. The van der Waals surface area contributed by atoms with E-state index >= 15 is 0 Å². The van der Waals surface area contributed by atoms with E-state index in [0.717, 1.165) is 12.1 Å². The van der Waals surface area contributed by atoms with E-state index in [9.17, 15) is 17.6 Å². The molecule has 0 radical (unpaired) electrons. The summed E-state index contributed by atoms with van der Waals surface area (Å²) >= 11 is 5.79. The topological polar surface area (TPSA) is 89.3 Å². The maximum Gasteiger partial charge on any atom is 0.252 e. The van der Waals surface area contributed by atoms with Gasteiger partial charge in [-0.3, -0.25) is 4.79 Å². The third kappa shape index (κ3) is 4.66. The van der Waals surface area contributed by atoms with E-state index in [1.54, 1.807) is 0 Å². The summed E-state index contributed by atoms with van der Waals surface area (Å²) in [7, 11) is -4.26. The second kappa shape index (κ2) is 6.72. The second-order valence-electron chi connectivity index (χ2n) is 5.24. The van der Waals surface area contributed by atoms with Gasteiger partial charge >= 0.3 is 0 Å². The van der Waals surface area contributed by atoms with Crippen molar-refractivity contribution in [1.82, 2.24) is 5.32 Å². The molecular formula is C13H18ClFN2O3S. The molecule has 1 unspecified atom stereocenters. The van der Waals surface area contributed by atoms with Gasteiger partial charge in [-0.05, 0) is 24.0 Å². The van der Waals surface area contributed by atoms with Crippen LogP contribution in [0.4, 0.5) is 4.39 Å². The summed E-state index contributed by atoms with van der Waals surface area (Å²) in [6.45, 7) is 6.39. The first kappa shape index (κ1) is 17.9. The van der Waals surface area contributed by atoms with Crippen LogP contribution in [0.1, 0.15) is 31.1 Å². The van der Waals surface area contributed by atoms with Gasteiger partial charge in [0.25, 0.3) is 5.91 Å². The van der Waals surface area contributed by atoms with Crippen molar-refractivity contribution in [2.45, 2.75) is 25.7 Å². The fraction of sp³-hybridized carbons (Fsp3) is 0.462. The SMILES string of the molecule is CC(C)C(C)CNC(=O)c1cc(S(N)(=O)=O)c(F)cc1Cl. The molecule has 3 N–H and O–H groups in total. The van der Waals surface area contributed by atoms with Crippen molar-refractivity contribution in [2.75, 3.05) is 6.54 Å². The van der Waals surface area contributed by atoms with Crippen molar-refractivity contribution in [3.8, 4) is 0 Å². The van der Waals surface area contributed by atoms with E-state index in [1.807, 2.05) is 20.8 Å². The Kier molecular flexibility index (Phi) is 5.72. The second-order valence-corrected chi connectivity index (χ2v) is 7.18. The van der Waals surface area contributed by atoms with E-state index < -0.39 is 26.6 Å². The normalized spacial score (nSPS) is 13.3. The summed E-state index contributed by atoms with van der Waals surface area (Å²) in [6.07, 6.45) is 0. The maximum atomic E-state index is 13.5. The summed E-state index contributed by atoms with van der Waals surface area (Å²) in [5.41, 5.74) is -0.127. The lowest BCUT2D eigenvalue weighted by molar-refractivity contribution is 0.0945.